The molecule has 0 aromatic rings. The molecular weight excluding hydrogens is 190 g/mol. The maximum Gasteiger partial charge on any atom is 0.331 e. The molecule has 0 fully saturated rings. The number of nitrogens with two attached hydrogens (primary N) is 1. The van der Waals surface area contributed by atoms with Crippen molar-refractivity contribution >= 4 is 11.9 Å². The van der Waals surface area contributed by atoms with Crippen LogP contribution in [0.5, 0.6) is 0 Å². The Labute approximate surface area is 81.0 Å². The van der Waals surface area contributed by atoms with E-state index in [1.54, 1.807) is 0 Å². The lowest BCUT2D eigenvalue weighted by Crippen LogP contribution is -2.21. The van der Waals surface area contributed by atoms with Gasteiger partial charge in [-0.15, -0.1) is 0 Å². The number of carbonyl (C=O) groups excluding carboxylic acids is 1. The summed E-state index contributed by atoms with van der Waals surface area (Å²) in [6.07, 6.45) is 0.965. The van der Waals surface area contributed by atoms with E-state index < -0.39 is 18.0 Å². The predicted octanol–water partition coefficient (Wildman–Crippen LogP) is -1.12. The van der Waals surface area contributed by atoms with Crippen LogP contribution in [-0.4, -0.2) is 41.4 Å². The standard InChI is InChI=1S/C8H13NO5/c9-4-3-6(10)5-14-8(13)2-1-7(11)12/h1-2,6,10H,3-5,9H2,(H,11,12)/b2-1-. The maximum atomic E-state index is 10.7. The monoisotopic (exact) mass is 203 g/mol. The number of hydrogen-bond donors (Lipinski definition) is 3. The van der Waals surface area contributed by atoms with E-state index >= 15 is 0 Å². The van der Waals surface area contributed by atoms with Gasteiger partial charge in [-0.3, -0.25) is 0 Å². The van der Waals surface area contributed by atoms with Gasteiger partial charge in [-0.1, -0.05) is 0 Å². The Morgan fingerprint density at radius 1 is 1.43 bits per heavy atom. The third kappa shape index (κ3) is 7.26. The van der Waals surface area contributed by atoms with Gasteiger partial charge in [0.2, 0.25) is 0 Å². The highest BCUT2D eigenvalue weighted by atomic mass is 16.5. The Balaban J connectivity index is 3.68. The van der Waals surface area contributed by atoms with E-state index in [1.165, 1.54) is 0 Å². The molecule has 1 atom stereocenters. The van der Waals surface area contributed by atoms with Crippen molar-refractivity contribution in [1.29, 1.82) is 0 Å². The first-order valence-corrected chi connectivity index (χ1v) is 4.02. The summed E-state index contributed by atoms with van der Waals surface area (Å²) in [5, 5.41) is 17.2. The van der Waals surface area contributed by atoms with Gasteiger partial charge in [0.25, 0.3) is 0 Å². The summed E-state index contributed by atoms with van der Waals surface area (Å²) in [5.41, 5.74) is 5.14. The molecule has 0 aromatic carbocycles. The molecule has 0 aromatic heterocycles. The smallest absolute Gasteiger partial charge is 0.331 e. The van der Waals surface area contributed by atoms with Crippen molar-refractivity contribution in [2.75, 3.05) is 13.2 Å². The minimum atomic E-state index is -1.23. The van der Waals surface area contributed by atoms with Crippen LogP contribution in [0.25, 0.3) is 0 Å². The summed E-state index contributed by atoms with van der Waals surface area (Å²) >= 11 is 0. The molecule has 0 aliphatic carbocycles. The highest BCUT2D eigenvalue weighted by Gasteiger charge is 2.05. The number of carboxylic acid groups (broad SMARTS) is 1. The summed E-state index contributed by atoms with van der Waals surface area (Å²) in [7, 11) is 0. The first kappa shape index (κ1) is 12.6. The van der Waals surface area contributed by atoms with Gasteiger partial charge in [0.15, 0.2) is 0 Å². The second-order valence-electron chi connectivity index (χ2n) is 2.53. The molecule has 0 saturated carbocycles. The lowest BCUT2D eigenvalue weighted by molar-refractivity contribution is -0.141. The summed E-state index contributed by atoms with van der Waals surface area (Å²) in [5.74, 6) is -2.03. The highest BCUT2D eigenvalue weighted by molar-refractivity contribution is 5.90. The molecule has 14 heavy (non-hydrogen) atoms. The molecule has 0 saturated heterocycles. The Morgan fingerprint density at radius 3 is 2.57 bits per heavy atom. The minimum Gasteiger partial charge on any atom is -0.478 e. The van der Waals surface area contributed by atoms with Gasteiger partial charge in [-0.05, 0) is 13.0 Å². The second kappa shape index (κ2) is 7.05. The predicted molar refractivity (Wildman–Crippen MR) is 47.4 cm³/mol. The van der Waals surface area contributed by atoms with Crippen LogP contribution in [-0.2, 0) is 14.3 Å². The molecule has 6 heteroatoms. The quantitative estimate of drug-likeness (QED) is 0.372. The van der Waals surface area contributed by atoms with Crippen LogP contribution >= 0.6 is 0 Å². The van der Waals surface area contributed by atoms with Crippen molar-refractivity contribution < 1.29 is 24.5 Å². The molecule has 0 aliphatic heterocycles. The van der Waals surface area contributed by atoms with Gasteiger partial charge in [-0.25, -0.2) is 9.59 Å². The van der Waals surface area contributed by atoms with E-state index in [4.69, 9.17) is 15.9 Å². The SMILES string of the molecule is NCCC(O)COC(=O)/C=C\C(=O)O. The average Bonchev–Trinajstić information content (AvgIpc) is 2.12. The molecular formula is C8H13NO5. The van der Waals surface area contributed by atoms with Crippen LogP contribution in [0.15, 0.2) is 12.2 Å². The van der Waals surface area contributed by atoms with Crippen LogP contribution in [0.1, 0.15) is 6.42 Å². The Kier molecular flexibility index (Phi) is 6.34. The molecule has 0 spiro atoms. The molecule has 0 radical (unpaired) electrons. The zero-order chi connectivity index (χ0) is 11.0. The minimum absolute atomic E-state index is 0.181. The number of hydrogen-bond acceptors (Lipinski definition) is 5. The van der Waals surface area contributed by atoms with Crippen molar-refractivity contribution in [2.45, 2.75) is 12.5 Å². The summed E-state index contributed by atoms with van der Waals surface area (Å²) in [6.45, 7) is 0.115. The fraction of sp³-hybridized carbons (Fsp3) is 0.500. The number of aliphatic hydroxyl groups is 1. The number of carboxylic acids is 1. The Bertz CT molecular complexity index is 226. The molecule has 0 amide bonds. The number of aliphatic carboxylic acids is 1. The third-order valence-corrected chi connectivity index (χ3v) is 1.28. The summed E-state index contributed by atoms with van der Waals surface area (Å²) < 4.78 is 4.51. The van der Waals surface area contributed by atoms with Gasteiger partial charge >= 0.3 is 11.9 Å². The Morgan fingerprint density at radius 2 is 2.07 bits per heavy atom. The largest absolute Gasteiger partial charge is 0.478 e. The van der Waals surface area contributed by atoms with Gasteiger partial charge in [-0.2, -0.15) is 0 Å². The van der Waals surface area contributed by atoms with Crippen LogP contribution < -0.4 is 5.73 Å². The molecule has 6 nitrogen and oxygen atoms in total. The maximum absolute atomic E-state index is 10.7. The normalized spacial score (nSPS) is 12.7. The molecule has 0 bridgehead atoms. The number of aliphatic hydroxyl groups excluding tert-OH is 1. The van der Waals surface area contributed by atoms with E-state index in [2.05, 4.69) is 4.74 Å². The molecule has 0 rings (SSSR count). The van der Waals surface area contributed by atoms with E-state index in [0.717, 1.165) is 6.08 Å². The van der Waals surface area contributed by atoms with Crippen molar-refractivity contribution in [2.24, 2.45) is 5.73 Å². The van der Waals surface area contributed by atoms with E-state index in [1.807, 2.05) is 0 Å². The zero-order valence-corrected chi connectivity index (χ0v) is 7.55. The van der Waals surface area contributed by atoms with Crippen LogP contribution in [0, 0.1) is 0 Å². The summed E-state index contributed by atoms with van der Waals surface area (Å²) in [4.78, 5) is 20.7. The average molecular weight is 203 g/mol. The van der Waals surface area contributed by atoms with Crippen molar-refractivity contribution in [3.63, 3.8) is 0 Å². The lowest BCUT2D eigenvalue weighted by Gasteiger charge is -2.07. The van der Waals surface area contributed by atoms with E-state index in [9.17, 15) is 9.59 Å². The zero-order valence-electron chi connectivity index (χ0n) is 7.55. The number of ether oxygens (including phenoxy) is 1. The van der Waals surface area contributed by atoms with E-state index in [0.29, 0.717) is 19.0 Å². The molecule has 0 heterocycles. The van der Waals surface area contributed by atoms with Gasteiger partial charge in [0, 0.05) is 12.2 Å². The molecule has 4 N–H and O–H groups in total. The molecule has 0 aliphatic rings. The highest BCUT2D eigenvalue weighted by Crippen LogP contribution is 1.91. The van der Waals surface area contributed by atoms with Gasteiger partial charge < -0.3 is 20.7 Å². The van der Waals surface area contributed by atoms with Crippen LogP contribution in [0.3, 0.4) is 0 Å². The topological polar surface area (TPSA) is 110 Å². The van der Waals surface area contributed by atoms with Crippen molar-refractivity contribution in [3.05, 3.63) is 12.2 Å². The van der Waals surface area contributed by atoms with Crippen molar-refractivity contribution in [3.8, 4) is 0 Å². The second-order valence-corrected chi connectivity index (χ2v) is 2.53. The fourth-order valence-corrected chi connectivity index (χ4v) is 0.641. The molecule has 80 valence electrons. The van der Waals surface area contributed by atoms with Crippen LogP contribution in [0.2, 0.25) is 0 Å². The number of esters is 1. The summed E-state index contributed by atoms with van der Waals surface area (Å²) in [6, 6.07) is 0. The number of carbonyl (C=O) groups is 2. The van der Waals surface area contributed by atoms with Gasteiger partial charge in [0.1, 0.15) is 6.61 Å². The van der Waals surface area contributed by atoms with Crippen molar-refractivity contribution in [1.82, 2.24) is 0 Å². The van der Waals surface area contributed by atoms with E-state index in [-0.39, 0.29) is 6.61 Å². The first-order valence-electron chi connectivity index (χ1n) is 4.02. The molecule has 1 unspecified atom stereocenters. The third-order valence-electron chi connectivity index (χ3n) is 1.28. The number of rotatable bonds is 6. The fourth-order valence-electron chi connectivity index (χ4n) is 0.641. The lowest BCUT2D eigenvalue weighted by atomic mass is 10.3. The Hall–Kier alpha value is -1.40. The van der Waals surface area contributed by atoms with Crippen LogP contribution in [0.4, 0.5) is 0 Å². The van der Waals surface area contributed by atoms with Gasteiger partial charge in [0.05, 0.1) is 6.10 Å². The first-order chi connectivity index (χ1) is 6.56.